The average Bonchev–Trinajstić information content (AvgIpc) is 3.17. The predicted molar refractivity (Wildman–Crippen MR) is 93.6 cm³/mol. The van der Waals surface area contributed by atoms with Gasteiger partial charge in [0.05, 0.1) is 43.3 Å². The van der Waals surface area contributed by atoms with Crippen LogP contribution in [0, 0.1) is 0 Å². The van der Waals surface area contributed by atoms with Gasteiger partial charge >= 0.3 is 0 Å². The summed E-state index contributed by atoms with van der Waals surface area (Å²) in [5, 5.41) is 7.11. The van der Waals surface area contributed by atoms with Crippen molar-refractivity contribution in [2.24, 2.45) is 0 Å². The second-order valence-electron chi connectivity index (χ2n) is 6.65. The number of aromatic nitrogens is 2. The smallest absolute Gasteiger partial charge is 0.258 e. The zero-order chi connectivity index (χ0) is 17.2. The van der Waals surface area contributed by atoms with Gasteiger partial charge in [-0.1, -0.05) is 12.8 Å². The molecule has 0 radical (unpaired) electrons. The molecular weight excluding hydrogens is 318 g/mol. The molecule has 1 saturated carbocycles. The van der Waals surface area contributed by atoms with Gasteiger partial charge in [0.15, 0.2) is 0 Å². The normalized spacial score (nSPS) is 23.2. The largest absolute Gasteiger partial charge is 0.497 e. The Morgan fingerprint density at radius 2 is 2.08 bits per heavy atom. The van der Waals surface area contributed by atoms with E-state index in [1.807, 2.05) is 29.2 Å². The number of nitrogens with zero attached hydrogens (tertiary/aromatic N) is 2. The van der Waals surface area contributed by atoms with Crippen molar-refractivity contribution in [3.8, 4) is 17.0 Å². The van der Waals surface area contributed by atoms with Crippen LogP contribution >= 0.6 is 0 Å². The first-order valence-corrected chi connectivity index (χ1v) is 8.88. The highest BCUT2D eigenvalue weighted by molar-refractivity contribution is 6.00. The molecule has 2 aromatic rings. The Morgan fingerprint density at radius 1 is 1.28 bits per heavy atom. The number of ether oxygens (including phenoxy) is 2. The van der Waals surface area contributed by atoms with Gasteiger partial charge in [0.1, 0.15) is 5.75 Å². The van der Waals surface area contributed by atoms with Crippen LogP contribution < -0.4 is 4.74 Å². The first-order valence-electron chi connectivity index (χ1n) is 8.88. The monoisotopic (exact) mass is 341 g/mol. The summed E-state index contributed by atoms with van der Waals surface area (Å²) >= 11 is 0. The number of H-pyrrole nitrogens is 1. The van der Waals surface area contributed by atoms with E-state index in [1.165, 1.54) is 6.42 Å². The highest BCUT2D eigenvalue weighted by Crippen LogP contribution is 2.31. The fourth-order valence-corrected chi connectivity index (χ4v) is 3.93. The minimum atomic E-state index is 0.0415. The van der Waals surface area contributed by atoms with Crippen LogP contribution in [-0.2, 0) is 4.74 Å². The molecule has 2 heterocycles. The number of fused-ring (bicyclic) bond motifs is 1. The summed E-state index contributed by atoms with van der Waals surface area (Å²) in [6.45, 7) is 1.26. The summed E-state index contributed by atoms with van der Waals surface area (Å²) in [6.07, 6.45) is 6.23. The molecule has 0 unspecified atom stereocenters. The van der Waals surface area contributed by atoms with Gasteiger partial charge in [-0.2, -0.15) is 5.10 Å². The van der Waals surface area contributed by atoms with Crippen LogP contribution in [0.15, 0.2) is 30.5 Å². The molecule has 1 aromatic heterocycles. The van der Waals surface area contributed by atoms with Gasteiger partial charge < -0.3 is 14.4 Å². The van der Waals surface area contributed by atoms with Crippen LogP contribution in [0.25, 0.3) is 11.3 Å². The number of methoxy groups -OCH3 is 1. The number of carbonyl (C=O) groups excluding carboxylic acids is 1. The van der Waals surface area contributed by atoms with E-state index in [9.17, 15) is 4.79 Å². The Bertz CT molecular complexity index is 739. The maximum Gasteiger partial charge on any atom is 0.258 e. The lowest BCUT2D eigenvalue weighted by Gasteiger charge is -2.43. The van der Waals surface area contributed by atoms with Gasteiger partial charge in [-0.3, -0.25) is 9.89 Å². The number of hydrogen-bond donors (Lipinski definition) is 1. The van der Waals surface area contributed by atoms with Crippen molar-refractivity contribution in [2.45, 2.75) is 37.8 Å². The van der Waals surface area contributed by atoms with E-state index in [1.54, 1.807) is 13.3 Å². The molecule has 2 atom stereocenters. The molecule has 1 aliphatic carbocycles. The van der Waals surface area contributed by atoms with Crippen LogP contribution in [-0.4, -0.2) is 53.4 Å². The topological polar surface area (TPSA) is 67.5 Å². The SMILES string of the molecule is COc1ccc(-c2[nH]ncc2C(=O)N2CCO[C@@H]3CCCC[C@@H]32)cc1. The lowest BCUT2D eigenvalue weighted by molar-refractivity contribution is -0.0752. The molecule has 25 heavy (non-hydrogen) atoms. The van der Waals surface area contributed by atoms with Crippen molar-refractivity contribution >= 4 is 5.91 Å². The van der Waals surface area contributed by atoms with E-state index in [0.29, 0.717) is 18.7 Å². The molecule has 2 fully saturated rings. The fourth-order valence-electron chi connectivity index (χ4n) is 3.93. The molecule has 6 nitrogen and oxygen atoms in total. The molecule has 1 N–H and O–H groups in total. The van der Waals surface area contributed by atoms with Crippen LogP contribution in [0.2, 0.25) is 0 Å². The number of morpholine rings is 1. The minimum absolute atomic E-state index is 0.0415. The molecule has 1 saturated heterocycles. The Labute approximate surface area is 147 Å². The Kier molecular flexibility index (Phi) is 4.44. The molecule has 2 aliphatic rings. The first kappa shape index (κ1) is 16.1. The Hall–Kier alpha value is -2.34. The number of hydrogen-bond acceptors (Lipinski definition) is 4. The molecule has 6 heteroatoms. The van der Waals surface area contributed by atoms with Crippen molar-refractivity contribution in [2.75, 3.05) is 20.3 Å². The number of nitrogens with one attached hydrogen (secondary N) is 1. The van der Waals surface area contributed by atoms with Crippen LogP contribution in [0.3, 0.4) is 0 Å². The summed E-state index contributed by atoms with van der Waals surface area (Å²) in [4.78, 5) is 15.2. The summed E-state index contributed by atoms with van der Waals surface area (Å²) in [7, 11) is 1.64. The van der Waals surface area contributed by atoms with E-state index < -0.39 is 0 Å². The Balaban J connectivity index is 1.61. The molecular formula is C19H23N3O3. The van der Waals surface area contributed by atoms with Crippen molar-refractivity contribution in [1.82, 2.24) is 15.1 Å². The predicted octanol–water partition coefficient (Wildman–Crippen LogP) is 2.87. The van der Waals surface area contributed by atoms with Crippen LogP contribution in [0.1, 0.15) is 36.0 Å². The standard InChI is InChI=1S/C19H23N3O3/c1-24-14-8-6-13(7-9-14)18-15(12-20-21-18)19(23)22-10-11-25-17-5-3-2-4-16(17)22/h6-9,12,16-17H,2-5,10-11H2,1H3,(H,20,21)/t16-,17+/m0/s1. The number of benzene rings is 1. The third-order valence-corrected chi connectivity index (χ3v) is 5.24. The third kappa shape index (κ3) is 3.02. The zero-order valence-corrected chi connectivity index (χ0v) is 14.4. The van der Waals surface area contributed by atoms with Gasteiger partial charge in [-0.05, 0) is 37.1 Å². The average molecular weight is 341 g/mol. The molecule has 4 rings (SSSR count). The third-order valence-electron chi connectivity index (χ3n) is 5.24. The lowest BCUT2D eigenvalue weighted by atomic mass is 9.89. The van der Waals surface area contributed by atoms with E-state index >= 15 is 0 Å². The molecule has 1 amide bonds. The van der Waals surface area contributed by atoms with Gasteiger partial charge in [-0.25, -0.2) is 0 Å². The fraction of sp³-hybridized carbons (Fsp3) is 0.474. The van der Waals surface area contributed by atoms with E-state index in [-0.39, 0.29) is 18.1 Å². The number of aromatic amines is 1. The van der Waals surface area contributed by atoms with Crippen molar-refractivity contribution < 1.29 is 14.3 Å². The maximum absolute atomic E-state index is 13.2. The molecule has 0 spiro atoms. The first-order chi connectivity index (χ1) is 12.3. The van der Waals surface area contributed by atoms with Crippen molar-refractivity contribution in [1.29, 1.82) is 0 Å². The molecule has 132 valence electrons. The van der Waals surface area contributed by atoms with Crippen LogP contribution in [0.5, 0.6) is 5.75 Å². The number of amides is 1. The molecule has 0 bridgehead atoms. The minimum Gasteiger partial charge on any atom is -0.497 e. The summed E-state index contributed by atoms with van der Waals surface area (Å²) in [6, 6.07) is 7.83. The van der Waals surface area contributed by atoms with Crippen LogP contribution in [0.4, 0.5) is 0 Å². The van der Waals surface area contributed by atoms with E-state index in [2.05, 4.69) is 10.2 Å². The van der Waals surface area contributed by atoms with Gasteiger partial charge in [0, 0.05) is 12.1 Å². The maximum atomic E-state index is 13.2. The second kappa shape index (κ2) is 6.88. The summed E-state index contributed by atoms with van der Waals surface area (Å²) < 4.78 is 11.1. The lowest BCUT2D eigenvalue weighted by Crippen LogP contribution is -2.54. The van der Waals surface area contributed by atoms with Gasteiger partial charge in [0.2, 0.25) is 0 Å². The van der Waals surface area contributed by atoms with Crippen molar-refractivity contribution in [3.63, 3.8) is 0 Å². The summed E-state index contributed by atoms with van der Waals surface area (Å²) in [5.74, 6) is 0.828. The second-order valence-corrected chi connectivity index (χ2v) is 6.65. The molecule has 1 aromatic carbocycles. The number of carbonyl (C=O) groups is 1. The highest BCUT2D eigenvalue weighted by Gasteiger charge is 2.37. The van der Waals surface area contributed by atoms with Gasteiger partial charge in [0.25, 0.3) is 5.91 Å². The number of rotatable bonds is 3. The zero-order valence-electron chi connectivity index (χ0n) is 14.4. The van der Waals surface area contributed by atoms with Crippen molar-refractivity contribution in [3.05, 3.63) is 36.0 Å². The summed E-state index contributed by atoms with van der Waals surface area (Å²) in [5.41, 5.74) is 2.30. The van der Waals surface area contributed by atoms with Gasteiger partial charge in [-0.15, -0.1) is 0 Å². The van der Waals surface area contributed by atoms with E-state index in [4.69, 9.17) is 9.47 Å². The Morgan fingerprint density at radius 3 is 2.88 bits per heavy atom. The quantitative estimate of drug-likeness (QED) is 0.932. The highest BCUT2D eigenvalue weighted by atomic mass is 16.5. The molecule has 1 aliphatic heterocycles. The van der Waals surface area contributed by atoms with E-state index in [0.717, 1.165) is 36.3 Å².